The van der Waals surface area contributed by atoms with Crippen LogP contribution in [-0.4, -0.2) is 48.1 Å². The molecule has 1 amide bonds. The second kappa shape index (κ2) is 14.3. The molecule has 236 valence electrons. The number of benzene rings is 2. The average molecular weight is 646 g/mol. The van der Waals surface area contributed by atoms with Crippen molar-refractivity contribution < 1.29 is 9.59 Å². The van der Waals surface area contributed by atoms with E-state index in [2.05, 4.69) is 29.9 Å². The lowest BCUT2D eigenvalue weighted by Crippen LogP contribution is -2.26. The predicted octanol–water partition coefficient (Wildman–Crippen LogP) is 6.46. The first kappa shape index (κ1) is 31.4. The molecule has 6 aromatic rings. The van der Waals surface area contributed by atoms with Crippen LogP contribution in [0.3, 0.4) is 0 Å². The molecule has 4 aromatic heterocycles. The Morgan fingerprint density at radius 2 is 1.23 bits per heavy atom. The summed E-state index contributed by atoms with van der Waals surface area (Å²) in [6, 6.07) is 19.5. The number of nitrogen functional groups attached to an aromatic ring is 2. The highest BCUT2D eigenvalue weighted by molar-refractivity contribution is 6.32. The largest absolute Gasteiger partial charge is 0.382 e. The first-order valence-corrected chi connectivity index (χ1v) is 15.7. The van der Waals surface area contributed by atoms with Crippen molar-refractivity contribution in [3.05, 3.63) is 90.6 Å². The minimum Gasteiger partial charge on any atom is -0.382 e. The number of Topliss-reactive ketones (excluding diaryl/α,β-unsaturated/α-hetero) is 1. The maximum absolute atomic E-state index is 12.1. The Morgan fingerprint density at radius 3 is 1.77 bits per heavy atom. The van der Waals surface area contributed by atoms with Crippen molar-refractivity contribution in [3.8, 4) is 22.5 Å². The van der Waals surface area contributed by atoms with E-state index in [0.29, 0.717) is 52.7 Å². The zero-order chi connectivity index (χ0) is 32.8. The van der Waals surface area contributed by atoms with E-state index < -0.39 is 0 Å². The van der Waals surface area contributed by atoms with Gasteiger partial charge in [-0.1, -0.05) is 35.9 Å². The number of carbonyl (C=O) groups excluding carboxylic acids is 2. The number of rotatable bonds is 3. The third kappa shape index (κ3) is 7.47. The van der Waals surface area contributed by atoms with Crippen LogP contribution in [0.5, 0.6) is 0 Å². The van der Waals surface area contributed by atoms with Crippen LogP contribution in [0.15, 0.2) is 85.5 Å². The van der Waals surface area contributed by atoms with E-state index >= 15 is 0 Å². The lowest BCUT2D eigenvalue weighted by atomic mass is 10.1. The van der Waals surface area contributed by atoms with Crippen LogP contribution in [0.25, 0.3) is 44.3 Å². The summed E-state index contributed by atoms with van der Waals surface area (Å²) in [4.78, 5) is 49.6. The quantitative estimate of drug-likeness (QED) is 0.218. The molecule has 11 nitrogen and oxygen atoms in total. The van der Waals surface area contributed by atoms with E-state index in [4.69, 9.17) is 23.1 Å². The maximum atomic E-state index is 12.1. The minimum atomic E-state index is 0.0635. The molecule has 8 rings (SSSR count). The first-order valence-electron chi connectivity index (χ1n) is 15.3. The number of aromatic nitrogens is 6. The van der Waals surface area contributed by atoms with Gasteiger partial charge in [-0.15, -0.1) is 0 Å². The van der Waals surface area contributed by atoms with Gasteiger partial charge in [-0.05, 0) is 55.7 Å². The molecular weight excluding hydrogens is 614 g/mol. The fourth-order valence-corrected chi connectivity index (χ4v) is 5.70. The van der Waals surface area contributed by atoms with Gasteiger partial charge in [0.25, 0.3) is 0 Å². The molecule has 4 N–H and O–H groups in total. The smallest absolute Gasteiger partial charge is 0.228 e. The van der Waals surface area contributed by atoms with Crippen LogP contribution >= 0.6 is 11.6 Å². The number of nitrogens with zero attached hydrogens (tertiary/aromatic N) is 7. The van der Waals surface area contributed by atoms with Crippen LogP contribution in [0.2, 0.25) is 5.15 Å². The van der Waals surface area contributed by atoms with Crippen molar-refractivity contribution in [2.24, 2.45) is 0 Å². The molecule has 2 aliphatic rings. The zero-order valence-electron chi connectivity index (χ0n) is 25.5. The summed E-state index contributed by atoms with van der Waals surface area (Å²) in [6.45, 7) is 0.652. The summed E-state index contributed by atoms with van der Waals surface area (Å²) in [6.07, 6.45) is 11.9. The Hall–Kier alpha value is -5.55. The summed E-state index contributed by atoms with van der Waals surface area (Å²) in [5.74, 6) is 1.68. The van der Waals surface area contributed by atoms with Crippen molar-refractivity contribution >= 4 is 62.6 Å². The molecule has 0 unspecified atom stereocenters. The van der Waals surface area contributed by atoms with Gasteiger partial charge in [-0.25, -0.2) is 19.9 Å². The fourth-order valence-electron chi connectivity index (χ4n) is 5.44. The van der Waals surface area contributed by atoms with Gasteiger partial charge < -0.3 is 11.5 Å². The Morgan fingerprint density at radius 1 is 0.660 bits per heavy atom. The average Bonchev–Trinajstić information content (AvgIpc) is 3.75. The predicted molar refractivity (Wildman–Crippen MR) is 184 cm³/mol. The van der Waals surface area contributed by atoms with Crippen LogP contribution in [0.4, 0.5) is 17.5 Å². The second-order valence-corrected chi connectivity index (χ2v) is 11.5. The maximum Gasteiger partial charge on any atom is 0.228 e. The molecule has 12 heteroatoms. The van der Waals surface area contributed by atoms with E-state index in [0.717, 1.165) is 65.0 Å². The minimum absolute atomic E-state index is 0.0635. The number of hydrogen-bond acceptors (Lipinski definition) is 10. The number of pyridine rings is 2. The summed E-state index contributed by atoms with van der Waals surface area (Å²) in [5, 5.41) is 2.35. The molecule has 2 aromatic carbocycles. The summed E-state index contributed by atoms with van der Waals surface area (Å²) < 4.78 is 0. The Labute approximate surface area is 276 Å². The van der Waals surface area contributed by atoms with Crippen LogP contribution in [0, 0.1) is 0 Å². The summed E-state index contributed by atoms with van der Waals surface area (Å²) in [5.41, 5.74) is 16.2. The van der Waals surface area contributed by atoms with Crippen LogP contribution in [-0.2, 0) is 9.59 Å². The Bertz CT molecular complexity index is 2080. The van der Waals surface area contributed by atoms with Crippen LogP contribution in [0.1, 0.15) is 38.5 Å². The van der Waals surface area contributed by atoms with Crippen molar-refractivity contribution in [2.75, 3.05) is 22.9 Å². The molecule has 0 spiro atoms. The number of halogens is 1. The third-order valence-corrected chi connectivity index (χ3v) is 8.03. The van der Waals surface area contributed by atoms with Gasteiger partial charge in [0, 0.05) is 60.1 Å². The monoisotopic (exact) mass is 645 g/mol. The van der Waals surface area contributed by atoms with Gasteiger partial charge in [0.15, 0.2) is 11.0 Å². The van der Waals surface area contributed by atoms with E-state index in [-0.39, 0.29) is 5.91 Å². The highest BCUT2D eigenvalue weighted by Gasteiger charge is 2.26. The Balaban J connectivity index is 0.000000143. The number of amides is 1. The molecule has 0 bridgehead atoms. The molecule has 1 aliphatic heterocycles. The zero-order valence-corrected chi connectivity index (χ0v) is 26.3. The van der Waals surface area contributed by atoms with Gasteiger partial charge >= 0.3 is 0 Å². The molecular formula is C35H32ClN9O2. The van der Waals surface area contributed by atoms with Gasteiger partial charge in [0.2, 0.25) is 5.91 Å². The molecule has 2 fully saturated rings. The number of anilines is 3. The van der Waals surface area contributed by atoms with Crippen molar-refractivity contribution in [1.82, 2.24) is 29.9 Å². The SMILES string of the molecule is Nc1cnc(-c2ccc3ncccc3c2)c(Cl)n1.Nc1cnc(-c2ccc3ncccc3c2)c(N2CCCC2=O)n1.O=C1CCCC1. The molecule has 1 saturated carbocycles. The standard InChI is InChI=1S/C17H15N5O.C13H9ClN4.C5H8O/c18-14-10-20-16(17(21-14)22-8-2-4-15(22)23)12-5-6-13-11(9-12)3-1-7-19-13;14-13-12(17-7-11(15)18-13)9-3-4-10-8(6-9)2-1-5-16-10;6-5-3-1-2-4-5/h1,3,5-7,9-10H,2,4,8H2,(H2,18,21);1-7H,(H2,15,18);1-4H2. The molecule has 1 saturated heterocycles. The van der Waals surface area contributed by atoms with Gasteiger partial charge in [-0.2, -0.15) is 0 Å². The van der Waals surface area contributed by atoms with Crippen LogP contribution < -0.4 is 16.4 Å². The van der Waals surface area contributed by atoms with E-state index in [1.807, 2.05) is 60.7 Å². The van der Waals surface area contributed by atoms with Crippen molar-refractivity contribution in [2.45, 2.75) is 38.5 Å². The highest BCUT2D eigenvalue weighted by atomic mass is 35.5. The molecule has 1 aliphatic carbocycles. The molecule has 47 heavy (non-hydrogen) atoms. The molecule has 0 atom stereocenters. The lowest BCUT2D eigenvalue weighted by Gasteiger charge is -2.18. The number of carbonyl (C=O) groups is 2. The second-order valence-electron chi connectivity index (χ2n) is 11.1. The highest BCUT2D eigenvalue weighted by Crippen LogP contribution is 2.32. The first-order chi connectivity index (χ1) is 22.9. The number of fused-ring (bicyclic) bond motifs is 2. The molecule has 5 heterocycles. The number of ketones is 1. The van der Waals surface area contributed by atoms with E-state index in [1.54, 1.807) is 17.3 Å². The molecule has 0 radical (unpaired) electrons. The topological polar surface area (TPSA) is 167 Å². The fraction of sp³-hybridized carbons (Fsp3) is 0.200. The lowest BCUT2D eigenvalue weighted by molar-refractivity contribution is -0.118. The van der Waals surface area contributed by atoms with Crippen molar-refractivity contribution in [3.63, 3.8) is 0 Å². The van der Waals surface area contributed by atoms with Gasteiger partial charge in [0.05, 0.1) is 23.4 Å². The van der Waals surface area contributed by atoms with E-state index in [9.17, 15) is 9.59 Å². The summed E-state index contributed by atoms with van der Waals surface area (Å²) in [7, 11) is 0. The third-order valence-electron chi connectivity index (χ3n) is 7.76. The summed E-state index contributed by atoms with van der Waals surface area (Å²) >= 11 is 6.05. The number of nitrogens with two attached hydrogens (primary N) is 2. The normalized spacial score (nSPS) is 14.1. The Kier molecular flexibility index (Phi) is 9.53. The van der Waals surface area contributed by atoms with Crippen molar-refractivity contribution in [1.29, 1.82) is 0 Å². The van der Waals surface area contributed by atoms with Gasteiger partial charge in [-0.3, -0.25) is 24.5 Å². The number of hydrogen-bond donors (Lipinski definition) is 2. The van der Waals surface area contributed by atoms with Gasteiger partial charge in [0.1, 0.15) is 28.8 Å². The van der Waals surface area contributed by atoms with E-state index in [1.165, 1.54) is 12.4 Å².